The van der Waals surface area contributed by atoms with Crippen LogP contribution in [-0.4, -0.2) is 71.0 Å². The number of nitrogens with zero attached hydrogens (tertiary/aromatic N) is 3. The van der Waals surface area contributed by atoms with Crippen molar-refractivity contribution in [1.29, 1.82) is 0 Å². The summed E-state index contributed by atoms with van der Waals surface area (Å²) in [7, 11) is -2.83. The number of ketones is 1. The molecule has 1 unspecified atom stereocenters. The maximum Gasteiger partial charge on any atom is 0.302 e. The zero-order valence-electron chi connectivity index (χ0n) is 17.9. The second-order valence-corrected chi connectivity index (χ2v) is 13.1. The number of rotatable bonds is 6. The largest absolute Gasteiger partial charge is 0.461 e. The van der Waals surface area contributed by atoms with E-state index in [0.29, 0.717) is 9.35 Å². The van der Waals surface area contributed by atoms with Crippen molar-refractivity contribution in [2.45, 2.75) is 55.0 Å². The van der Waals surface area contributed by atoms with Crippen LogP contribution < -0.4 is 0 Å². The van der Waals surface area contributed by atoms with Crippen LogP contribution in [0.1, 0.15) is 32.7 Å². The summed E-state index contributed by atoms with van der Waals surface area (Å²) in [4.78, 5) is 38.6. The van der Waals surface area contributed by atoms with E-state index in [2.05, 4.69) is 10.2 Å². The number of carbonyl (C=O) groups is 3. The van der Waals surface area contributed by atoms with Gasteiger partial charge in [0.05, 0.1) is 5.70 Å². The summed E-state index contributed by atoms with van der Waals surface area (Å²) in [6.45, 7) is 7.45. The van der Waals surface area contributed by atoms with Crippen molar-refractivity contribution in [3.05, 3.63) is 16.3 Å². The normalized spacial score (nSPS) is 25.2. The number of aryl methyl sites for hydroxylation is 1. The standard InChI is InChI=1S/C18H23N3O7S3/c1-8-19-20-17(29-8)30-16-10(7-28-9(2)22)11(13(23)18(3,4)5)21-14(24)12(27-6)15(21)31(16,25)26/h12,15-16H,7H2,1-6H3/t12-,15+,16?/m0/s1. The minimum absolute atomic E-state index is 0.0344. The monoisotopic (exact) mass is 489 g/mol. The van der Waals surface area contributed by atoms with Gasteiger partial charge in [0.2, 0.25) is 0 Å². The van der Waals surface area contributed by atoms with Crippen molar-refractivity contribution in [2.24, 2.45) is 5.41 Å². The van der Waals surface area contributed by atoms with Crippen molar-refractivity contribution < 1.29 is 32.3 Å². The molecule has 170 valence electrons. The Morgan fingerprint density at radius 2 is 1.90 bits per heavy atom. The molecule has 3 atom stereocenters. The Morgan fingerprint density at radius 3 is 2.39 bits per heavy atom. The van der Waals surface area contributed by atoms with Gasteiger partial charge in [-0.3, -0.25) is 19.3 Å². The third-order valence-corrected chi connectivity index (χ3v) is 9.82. The number of esters is 1. The molecule has 1 fully saturated rings. The quantitative estimate of drug-likeness (QED) is 0.425. The molecule has 2 aliphatic heterocycles. The van der Waals surface area contributed by atoms with Gasteiger partial charge < -0.3 is 9.47 Å². The Hall–Kier alpha value is -1.83. The van der Waals surface area contributed by atoms with Gasteiger partial charge in [0.25, 0.3) is 5.91 Å². The van der Waals surface area contributed by atoms with Crippen LogP contribution in [0.2, 0.25) is 0 Å². The van der Waals surface area contributed by atoms with E-state index in [1.807, 2.05) is 0 Å². The second kappa shape index (κ2) is 8.26. The first-order valence-electron chi connectivity index (χ1n) is 9.27. The second-order valence-electron chi connectivity index (χ2n) is 8.11. The highest BCUT2D eigenvalue weighted by Gasteiger charge is 2.64. The number of Topliss-reactive ketones (excluding diaryl/α,β-unsaturated/α-hetero) is 1. The number of thioether (sulfide) groups is 1. The van der Waals surface area contributed by atoms with Gasteiger partial charge >= 0.3 is 5.97 Å². The van der Waals surface area contributed by atoms with Crippen molar-refractivity contribution in [3.8, 4) is 0 Å². The third-order valence-electron chi connectivity index (χ3n) is 4.76. The van der Waals surface area contributed by atoms with Gasteiger partial charge in [0, 0.05) is 25.0 Å². The first-order chi connectivity index (χ1) is 14.3. The van der Waals surface area contributed by atoms with E-state index in [1.54, 1.807) is 27.7 Å². The Kier molecular flexibility index (Phi) is 6.35. The van der Waals surface area contributed by atoms with Crippen molar-refractivity contribution >= 4 is 50.6 Å². The van der Waals surface area contributed by atoms with Crippen LogP contribution in [-0.2, 0) is 33.7 Å². The average molecular weight is 490 g/mol. The lowest BCUT2D eigenvalue weighted by atomic mass is 9.85. The predicted octanol–water partition coefficient (Wildman–Crippen LogP) is 1.31. The van der Waals surface area contributed by atoms with Gasteiger partial charge in [-0.15, -0.1) is 10.2 Å². The fourth-order valence-electron chi connectivity index (χ4n) is 3.28. The van der Waals surface area contributed by atoms with E-state index in [1.165, 1.54) is 25.4 Å². The van der Waals surface area contributed by atoms with Crippen LogP contribution >= 0.6 is 23.1 Å². The fraction of sp³-hybridized carbons (Fsp3) is 0.611. The maximum atomic E-state index is 13.5. The number of carbonyl (C=O) groups excluding carboxylic acids is 3. The molecule has 0 N–H and O–H groups in total. The average Bonchev–Trinajstić information content (AvgIpc) is 3.06. The molecule has 10 nitrogen and oxygen atoms in total. The molecule has 1 aromatic heterocycles. The van der Waals surface area contributed by atoms with Crippen molar-refractivity contribution in [1.82, 2.24) is 15.1 Å². The highest BCUT2D eigenvalue weighted by atomic mass is 32.3. The lowest BCUT2D eigenvalue weighted by molar-refractivity contribution is -0.161. The highest BCUT2D eigenvalue weighted by molar-refractivity contribution is 8.14. The van der Waals surface area contributed by atoms with E-state index in [9.17, 15) is 22.8 Å². The van der Waals surface area contributed by atoms with Crippen LogP contribution in [0, 0.1) is 12.3 Å². The third kappa shape index (κ3) is 4.15. The van der Waals surface area contributed by atoms with Gasteiger partial charge in [0.15, 0.2) is 31.4 Å². The van der Waals surface area contributed by atoms with Crippen LogP contribution in [0.15, 0.2) is 15.6 Å². The lowest BCUT2D eigenvalue weighted by Gasteiger charge is -2.51. The molecule has 1 amide bonds. The Balaban J connectivity index is 2.24. The molecular weight excluding hydrogens is 466 g/mol. The lowest BCUT2D eigenvalue weighted by Crippen LogP contribution is -2.72. The number of ether oxygens (including phenoxy) is 2. The molecule has 3 rings (SSSR count). The Morgan fingerprint density at radius 1 is 1.26 bits per heavy atom. The molecule has 1 saturated heterocycles. The van der Waals surface area contributed by atoms with Gasteiger partial charge in [0.1, 0.15) is 16.2 Å². The van der Waals surface area contributed by atoms with Crippen LogP contribution in [0.4, 0.5) is 0 Å². The van der Waals surface area contributed by atoms with E-state index in [0.717, 1.165) is 16.7 Å². The Bertz CT molecular complexity index is 1070. The van der Waals surface area contributed by atoms with Gasteiger partial charge in [-0.2, -0.15) is 0 Å². The molecule has 0 saturated carbocycles. The summed E-state index contributed by atoms with van der Waals surface area (Å²) in [5.41, 5.74) is -0.951. The number of fused-ring (bicyclic) bond motifs is 1. The van der Waals surface area contributed by atoms with Crippen LogP contribution in [0.3, 0.4) is 0 Å². The molecule has 31 heavy (non-hydrogen) atoms. The first-order valence-corrected chi connectivity index (χ1v) is 12.6. The fourth-order valence-corrected chi connectivity index (χ4v) is 8.38. The van der Waals surface area contributed by atoms with E-state index < -0.39 is 55.6 Å². The van der Waals surface area contributed by atoms with Crippen molar-refractivity contribution in [2.75, 3.05) is 13.7 Å². The number of methoxy groups -OCH3 is 1. The maximum absolute atomic E-state index is 13.5. The molecule has 0 radical (unpaired) electrons. The summed E-state index contributed by atoms with van der Waals surface area (Å²) in [6, 6.07) is 0. The number of amides is 1. The predicted molar refractivity (Wildman–Crippen MR) is 113 cm³/mol. The topological polar surface area (TPSA) is 133 Å². The molecule has 0 spiro atoms. The zero-order chi connectivity index (χ0) is 23.3. The van der Waals surface area contributed by atoms with E-state index >= 15 is 0 Å². The molecule has 1 aromatic rings. The zero-order valence-corrected chi connectivity index (χ0v) is 20.3. The first kappa shape index (κ1) is 23.8. The Labute approximate surface area is 188 Å². The van der Waals surface area contributed by atoms with E-state index in [4.69, 9.17) is 9.47 Å². The molecule has 2 aliphatic rings. The van der Waals surface area contributed by atoms with Gasteiger partial charge in [-0.1, -0.05) is 43.9 Å². The van der Waals surface area contributed by atoms with Gasteiger partial charge in [-0.25, -0.2) is 8.42 Å². The number of hydrogen-bond donors (Lipinski definition) is 0. The van der Waals surface area contributed by atoms with Crippen molar-refractivity contribution in [3.63, 3.8) is 0 Å². The number of hydrogen-bond acceptors (Lipinski definition) is 11. The summed E-state index contributed by atoms with van der Waals surface area (Å²) in [5, 5.41) is 7.18. The summed E-state index contributed by atoms with van der Waals surface area (Å²) in [6.07, 6.45) is -1.22. The highest BCUT2D eigenvalue weighted by Crippen LogP contribution is 2.48. The molecule has 0 aliphatic carbocycles. The van der Waals surface area contributed by atoms with Gasteiger partial charge in [-0.05, 0) is 6.92 Å². The molecule has 0 bridgehead atoms. The summed E-state index contributed by atoms with van der Waals surface area (Å²) >= 11 is 2.10. The number of allylic oxidation sites excluding steroid dienone is 1. The molecule has 0 aromatic carbocycles. The minimum atomic E-state index is -4.08. The minimum Gasteiger partial charge on any atom is -0.461 e. The van der Waals surface area contributed by atoms with Crippen LogP contribution in [0.25, 0.3) is 0 Å². The smallest absolute Gasteiger partial charge is 0.302 e. The number of aromatic nitrogens is 2. The van der Waals surface area contributed by atoms with Crippen LogP contribution in [0.5, 0.6) is 0 Å². The molecule has 3 heterocycles. The molecule has 13 heteroatoms. The summed E-state index contributed by atoms with van der Waals surface area (Å²) in [5.74, 6) is -1.70. The molecular formula is C18H23N3O7S3. The van der Waals surface area contributed by atoms with E-state index in [-0.39, 0.29) is 11.3 Å². The SMILES string of the molecule is CO[C@H]1C(=O)N2C(C(=O)C(C)(C)C)=C(COC(C)=O)C(Sc3nnc(C)s3)S(=O)(=O)[C@H]12. The number of sulfone groups is 1. The summed E-state index contributed by atoms with van der Waals surface area (Å²) < 4.78 is 36.4. The number of β-lactam (4-membered cyclic amide) rings is 1.